The highest BCUT2D eigenvalue weighted by molar-refractivity contribution is 5.95. The molecule has 0 unspecified atom stereocenters. The molecule has 0 atom stereocenters. The fourth-order valence-electron chi connectivity index (χ4n) is 5.70. The molecule has 5 rings (SSSR count). The first-order chi connectivity index (χ1) is 20.5. The zero-order chi connectivity index (χ0) is 30.7. The molecule has 3 aromatic rings. The van der Waals surface area contributed by atoms with Gasteiger partial charge in [-0.3, -0.25) is 14.4 Å². The van der Waals surface area contributed by atoms with Crippen molar-refractivity contribution < 1.29 is 23.5 Å². The van der Waals surface area contributed by atoms with Gasteiger partial charge >= 0.3 is 6.09 Å². The zero-order valence-corrected chi connectivity index (χ0v) is 24.9. The van der Waals surface area contributed by atoms with Crippen LogP contribution >= 0.6 is 0 Å². The van der Waals surface area contributed by atoms with E-state index < -0.39 is 17.3 Å². The van der Waals surface area contributed by atoms with Crippen molar-refractivity contribution >= 4 is 28.7 Å². The van der Waals surface area contributed by atoms with Gasteiger partial charge in [-0.15, -0.1) is 0 Å². The standard InChI is InChI=1S/C32H38FN5O5/c1-32(2,3)43-31(42)38-12-10-21(11-13-38)20-28(39)36-14-16-37(17-15-36)30(41)25-18-22(8-9-26(25)33)19-27-23-6-4-5-7-24(23)29(40)35-34-27/h4-9,18,21H,10-17,19-20H2,1-3H3,(H,35,40). The summed E-state index contributed by atoms with van der Waals surface area (Å²) in [5.41, 5.74) is 0.474. The van der Waals surface area contributed by atoms with E-state index in [1.54, 1.807) is 39.0 Å². The van der Waals surface area contributed by atoms with E-state index in [4.69, 9.17) is 4.74 Å². The number of aromatic amines is 1. The van der Waals surface area contributed by atoms with Crippen LogP contribution in [0.15, 0.2) is 47.3 Å². The van der Waals surface area contributed by atoms with Gasteiger partial charge in [0, 0.05) is 57.5 Å². The minimum absolute atomic E-state index is 0.0252. The van der Waals surface area contributed by atoms with E-state index in [0.717, 1.165) is 12.8 Å². The van der Waals surface area contributed by atoms with Crippen molar-refractivity contribution in [1.82, 2.24) is 24.9 Å². The number of hydrogen-bond donors (Lipinski definition) is 1. The average Bonchev–Trinajstić information content (AvgIpc) is 2.99. The van der Waals surface area contributed by atoms with Gasteiger partial charge in [0.1, 0.15) is 11.4 Å². The summed E-state index contributed by atoms with van der Waals surface area (Å²) in [6.45, 7) is 8.05. The van der Waals surface area contributed by atoms with Crippen LogP contribution in [0.4, 0.5) is 9.18 Å². The minimum Gasteiger partial charge on any atom is -0.444 e. The molecular weight excluding hydrogens is 553 g/mol. The number of carbonyl (C=O) groups excluding carboxylic acids is 3. The number of carbonyl (C=O) groups is 3. The molecule has 1 aromatic heterocycles. The second-order valence-corrected chi connectivity index (χ2v) is 12.3. The van der Waals surface area contributed by atoms with Crippen LogP contribution < -0.4 is 5.56 Å². The lowest BCUT2D eigenvalue weighted by Crippen LogP contribution is -2.51. The maximum atomic E-state index is 14.8. The van der Waals surface area contributed by atoms with E-state index in [1.165, 1.54) is 6.07 Å². The average molecular weight is 592 g/mol. The molecule has 3 amide bonds. The maximum absolute atomic E-state index is 14.8. The van der Waals surface area contributed by atoms with Crippen molar-refractivity contribution in [2.75, 3.05) is 39.3 Å². The SMILES string of the molecule is CC(C)(C)OC(=O)N1CCC(CC(=O)N2CCN(C(=O)c3cc(Cc4n[nH]c(=O)c5ccccc45)ccc3F)CC2)CC1. The number of piperazine rings is 1. The molecule has 0 radical (unpaired) electrons. The first-order valence-corrected chi connectivity index (χ1v) is 14.8. The molecule has 2 aliphatic heterocycles. The third-order valence-corrected chi connectivity index (χ3v) is 8.06. The second kappa shape index (κ2) is 12.5. The number of halogens is 1. The number of rotatable bonds is 5. The molecule has 2 saturated heterocycles. The van der Waals surface area contributed by atoms with Gasteiger partial charge in [0.25, 0.3) is 11.5 Å². The number of amides is 3. The quantitative estimate of drug-likeness (QED) is 0.480. The van der Waals surface area contributed by atoms with E-state index in [9.17, 15) is 23.6 Å². The van der Waals surface area contributed by atoms with Gasteiger partial charge in [-0.25, -0.2) is 14.3 Å². The molecule has 2 aliphatic rings. The van der Waals surface area contributed by atoms with Gasteiger partial charge in [0.05, 0.1) is 16.6 Å². The number of likely N-dealkylation sites (tertiary alicyclic amines) is 1. The van der Waals surface area contributed by atoms with Gasteiger partial charge in [0.15, 0.2) is 0 Å². The lowest BCUT2D eigenvalue weighted by atomic mass is 9.93. The Balaban J connectivity index is 1.14. The summed E-state index contributed by atoms with van der Waals surface area (Å²) in [4.78, 5) is 55.8. The lowest BCUT2D eigenvalue weighted by Gasteiger charge is -2.37. The zero-order valence-electron chi connectivity index (χ0n) is 24.9. The molecule has 0 spiro atoms. The van der Waals surface area contributed by atoms with Gasteiger partial charge in [-0.1, -0.05) is 24.3 Å². The Bertz CT molecular complexity index is 1570. The number of nitrogens with one attached hydrogen (secondary N) is 1. The predicted molar refractivity (Wildman–Crippen MR) is 159 cm³/mol. The molecule has 1 N–H and O–H groups in total. The van der Waals surface area contributed by atoms with Gasteiger partial charge in [-0.05, 0) is 63.3 Å². The smallest absolute Gasteiger partial charge is 0.410 e. The normalized spacial score (nSPS) is 16.4. The van der Waals surface area contributed by atoms with Gasteiger partial charge in [0.2, 0.25) is 5.91 Å². The van der Waals surface area contributed by atoms with Crippen molar-refractivity contribution in [2.45, 2.75) is 52.1 Å². The number of piperidine rings is 1. The molecule has 10 nitrogen and oxygen atoms in total. The van der Waals surface area contributed by atoms with E-state index in [2.05, 4.69) is 10.2 Å². The Morgan fingerprint density at radius 1 is 0.930 bits per heavy atom. The van der Waals surface area contributed by atoms with Crippen molar-refractivity contribution in [3.05, 3.63) is 75.5 Å². The van der Waals surface area contributed by atoms with E-state index in [1.807, 2.05) is 32.9 Å². The molecule has 2 aromatic carbocycles. The summed E-state index contributed by atoms with van der Waals surface area (Å²) in [5.74, 6) is -0.794. The van der Waals surface area contributed by atoms with Crippen LogP contribution in [0.5, 0.6) is 0 Å². The van der Waals surface area contributed by atoms with Crippen LogP contribution in [0.2, 0.25) is 0 Å². The number of benzene rings is 2. The Labute approximate surface area is 249 Å². The third kappa shape index (κ3) is 7.21. The molecule has 0 saturated carbocycles. The van der Waals surface area contributed by atoms with Crippen LogP contribution in [-0.2, 0) is 16.0 Å². The number of ether oxygens (including phenoxy) is 1. The highest BCUT2D eigenvalue weighted by atomic mass is 19.1. The van der Waals surface area contributed by atoms with Crippen molar-refractivity contribution in [3.63, 3.8) is 0 Å². The molecule has 11 heteroatoms. The van der Waals surface area contributed by atoms with E-state index in [0.29, 0.717) is 74.1 Å². The Morgan fingerprint density at radius 2 is 1.58 bits per heavy atom. The number of aromatic nitrogens is 2. The fraction of sp³-hybridized carbons (Fsp3) is 0.469. The van der Waals surface area contributed by atoms with Crippen LogP contribution in [0, 0.1) is 11.7 Å². The second-order valence-electron chi connectivity index (χ2n) is 12.3. The van der Waals surface area contributed by atoms with Crippen LogP contribution in [-0.4, -0.2) is 87.7 Å². The van der Waals surface area contributed by atoms with Crippen LogP contribution in [0.25, 0.3) is 10.8 Å². The van der Waals surface area contributed by atoms with Crippen molar-refractivity contribution in [3.8, 4) is 0 Å². The summed E-state index contributed by atoms with van der Waals surface area (Å²) in [6, 6.07) is 11.6. The molecule has 2 fully saturated rings. The van der Waals surface area contributed by atoms with Gasteiger partial charge in [-0.2, -0.15) is 5.10 Å². The number of H-pyrrole nitrogens is 1. The van der Waals surface area contributed by atoms with Gasteiger partial charge < -0.3 is 19.4 Å². The Kier molecular flexibility index (Phi) is 8.79. The van der Waals surface area contributed by atoms with Crippen molar-refractivity contribution in [1.29, 1.82) is 0 Å². The maximum Gasteiger partial charge on any atom is 0.410 e. The molecule has 228 valence electrons. The van der Waals surface area contributed by atoms with Crippen LogP contribution in [0.1, 0.15) is 61.6 Å². The summed E-state index contributed by atoms with van der Waals surface area (Å²) in [7, 11) is 0. The first kappa shape index (κ1) is 30.2. The Hall–Kier alpha value is -4.28. The molecule has 0 aliphatic carbocycles. The summed E-state index contributed by atoms with van der Waals surface area (Å²) in [5, 5.41) is 7.92. The van der Waals surface area contributed by atoms with Crippen molar-refractivity contribution in [2.24, 2.45) is 5.92 Å². The number of fused-ring (bicyclic) bond motifs is 1. The monoisotopic (exact) mass is 591 g/mol. The number of nitrogens with zero attached hydrogens (tertiary/aromatic N) is 4. The molecule has 43 heavy (non-hydrogen) atoms. The minimum atomic E-state index is -0.607. The summed E-state index contributed by atoms with van der Waals surface area (Å²) in [6.07, 6.45) is 1.88. The fourth-order valence-corrected chi connectivity index (χ4v) is 5.70. The largest absolute Gasteiger partial charge is 0.444 e. The molecular formula is C32H38FN5O5. The lowest BCUT2D eigenvalue weighted by molar-refractivity contribution is -0.134. The van der Waals surface area contributed by atoms with E-state index in [-0.39, 0.29) is 29.0 Å². The summed E-state index contributed by atoms with van der Waals surface area (Å²) >= 11 is 0. The number of hydrogen-bond acceptors (Lipinski definition) is 6. The Morgan fingerprint density at radius 3 is 2.26 bits per heavy atom. The predicted octanol–water partition coefficient (Wildman–Crippen LogP) is 3.97. The highest BCUT2D eigenvalue weighted by Crippen LogP contribution is 2.24. The topological polar surface area (TPSA) is 116 Å². The molecule has 3 heterocycles. The molecule has 0 bridgehead atoms. The summed E-state index contributed by atoms with van der Waals surface area (Å²) < 4.78 is 20.3. The highest BCUT2D eigenvalue weighted by Gasteiger charge is 2.31. The van der Waals surface area contributed by atoms with E-state index >= 15 is 0 Å². The first-order valence-electron chi connectivity index (χ1n) is 14.8. The van der Waals surface area contributed by atoms with Crippen LogP contribution in [0.3, 0.4) is 0 Å². The third-order valence-electron chi connectivity index (χ3n) is 8.06.